The SMILES string of the molecule is CCOc1ccc(NC(=S)N[C@@H](C)COc2ccc(C)c(C)c2)cc1. The molecule has 0 amide bonds. The average molecular weight is 359 g/mol. The first-order valence-corrected chi connectivity index (χ1v) is 8.89. The number of hydrogen-bond acceptors (Lipinski definition) is 3. The highest BCUT2D eigenvalue weighted by atomic mass is 32.1. The van der Waals surface area contributed by atoms with Crippen LogP contribution in [0.3, 0.4) is 0 Å². The predicted octanol–water partition coefficient (Wildman–Crippen LogP) is 4.46. The van der Waals surface area contributed by atoms with Gasteiger partial charge in [0.2, 0.25) is 0 Å². The van der Waals surface area contributed by atoms with Gasteiger partial charge in [0.25, 0.3) is 0 Å². The summed E-state index contributed by atoms with van der Waals surface area (Å²) in [5, 5.41) is 6.96. The van der Waals surface area contributed by atoms with Gasteiger partial charge < -0.3 is 20.1 Å². The Hall–Kier alpha value is -2.27. The van der Waals surface area contributed by atoms with E-state index in [9.17, 15) is 0 Å². The highest BCUT2D eigenvalue weighted by Gasteiger charge is 2.06. The van der Waals surface area contributed by atoms with Crippen molar-refractivity contribution in [1.82, 2.24) is 5.32 Å². The van der Waals surface area contributed by atoms with Crippen molar-refractivity contribution in [3.63, 3.8) is 0 Å². The monoisotopic (exact) mass is 358 g/mol. The van der Waals surface area contributed by atoms with Gasteiger partial charge in [-0.3, -0.25) is 0 Å². The molecule has 0 unspecified atom stereocenters. The highest BCUT2D eigenvalue weighted by Crippen LogP contribution is 2.17. The maximum absolute atomic E-state index is 5.83. The molecule has 0 aliphatic carbocycles. The van der Waals surface area contributed by atoms with E-state index < -0.39 is 0 Å². The molecule has 5 heteroatoms. The molecule has 0 aromatic heterocycles. The number of anilines is 1. The van der Waals surface area contributed by atoms with Crippen molar-refractivity contribution in [3.8, 4) is 11.5 Å². The molecule has 0 fully saturated rings. The third kappa shape index (κ3) is 6.27. The molecule has 2 aromatic carbocycles. The van der Waals surface area contributed by atoms with Crippen molar-refractivity contribution in [2.24, 2.45) is 0 Å². The van der Waals surface area contributed by atoms with Gasteiger partial charge in [-0.1, -0.05) is 6.07 Å². The van der Waals surface area contributed by atoms with Crippen molar-refractivity contribution in [3.05, 3.63) is 53.6 Å². The lowest BCUT2D eigenvalue weighted by atomic mass is 10.1. The van der Waals surface area contributed by atoms with Crippen LogP contribution in [-0.2, 0) is 0 Å². The van der Waals surface area contributed by atoms with E-state index >= 15 is 0 Å². The minimum Gasteiger partial charge on any atom is -0.494 e. The van der Waals surface area contributed by atoms with Gasteiger partial charge in [0.05, 0.1) is 12.6 Å². The zero-order chi connectivity index (χ0) is 18.2. The first-order valence-electron chi connectivity index (χ1n) is 8.48. The summed E-state index contributed by atoms with van der Waals surface area (Å²) < 4.78 is 11.3. The van der Waals surface area contributed by atoms with Crippen LogP contribution in [0.15, 0.2) is 42.5 Å². The summed E-state index contributed by atoms with van der Waals surface area (Å²) in [5.41, 5.74) is 3.41. The van der Waals surface area contributed by atoms with Crippen molar-refractivity contribution in [2.45, 2.75) is 33.7 Å². The number of nitrogens with one attached hydrogen (secondary N) is 2. The van der Waals surface area contributed by atoms with Crippen molar-refractivity contribution in [2.75, 3.05) is 18.5 Å². The fourth-order valence-corrected chi connectivity index (χ4v) is 2.58. The average Bonchev–Trinajstić information content (AvgIpc) is 2.58. The van der Waals surface area contributed by atoms with E-state index in [4.69, 9.17) is 21.7 Å². The number of ether oxygens (including phenoxy) is 2. The molecular weight excluding hydrogens is 332 g/mol. The quantitative estimate of drug-likeness (QED) is 0.716. The molecule has 0 saturated carbocycles. The summed E-state index contributed by atoms with van der Waals surface area (Å²) in [6.07, 6.45) is 0. The topological polar surface area (TPSA) is 42.5 Å². The summed E-state index contributed by atoms with van der Waals surface area (Å²) in [5.74, 6) is 1.73. The fraction of sp³-hybridized carbons (Fsp3) is 0.350. The second-order valence-electron chi connectivity index (χ2n) is 6.01. The van der Waals surface area contributed by atoms with E-state index in [2.05, 4.69) is 36.6 Å². The van der Waals surface area contributed by atoms with Crippen LogP contribution in [0.1, 0.15) is 25.0 Å². The Bertz CT molecular complexity index is 701. The molecular formula is C20H26N2O2S. The van der Waals surface area contributed by atoms with Crippen molar-refractivity contribution in [1.29, 1.82) is 0 Å². The maximum atomic E-state index is 5.83. The Morgan fingerprint density at radius 1 is 1.00 bits per heavy atom. The van der Waals surface area contributed by atoms with Crippen LogP contribution < -0.4 is 20.1 Å². The Labute approximate surface area is 155 Å². The summed E-state index contributed by atoms with van der Waals surface area (Å²) >= 11 is 5.36. The molecule has 0 aliphatic rings. The Balaban J connectivity index is 1.78. The second-order valence-corrected chi connectivity index (χ2v) is 6.42. The van der Waals surface area contributed by atoms with Gasteiger partial charge in [0, 0.05) is 5.69 Å². The first kappa shape index (κ1) is 19.1. The fourth-order valence-electron chi connectivity index (χ4n) is 2.26. The Morgan fingerprint density at radius 3 is 2.32 bits per heavy atom. The Morgan fingerprint density at radius 2 is 1.68 bits per heavy atom. The van der Waals surface area contributed by atoms with E-state index in [0.717, 1.165) is 17.2 Å². The Kier molecular flexibility index (Phi) is 7.07. The largest absolute Gasteiger partial charge is 0.494 e. The summed E-state index contributed by atoms with van der Waals surface area (Å²) in [6, 6.07) is 13.9. The number of aryl methyl sites for hydroxylation is 2. The third-order valence-corrected chi connectivity index (χ3v) is 4.00. The van der Waals surface area contributed by atoms with Gasteiger partial charge in [-0.2, -0.15) is 0 Å². The van der Waals surface area contributed by atoms with Gasteiger partial charge in [-0.25, -0.2) is 0 Å². The van der Waals surface area contributed by atoms with Crippen LogP contribution in [0.5, 0.6) is 11.5 Å². The van der Waals surface area contributed by atoms with Gasteiger partial charge in [0.15, 0.2) is 5.11 Å². The standard InChI is InChI=1S/C20H26N2O2S/c1-5-23-18-10-7-17(8-11-18)22-20(25)21-16(4)13-24-19-9-6-14(2)15(3)12-19/h6-12,16H,5,13H2,1-4H3,(H2,21,22,25)/t16-/m0/s1. The maximum Gasteiger partial charge on any atom is 0.171 e. The smallest absolute Gasteiger partial charge is 0.171 e. The van der Waals surface area contributed by atoms with E-state index in [-0.39, 0.29) is 6.04 Å². The zero-order valence-electron chi connectivity index (χ0n) is 15.3. The van der Waals surface area contributed by atoms with Crippen molar-refractivity contribution < 1.29 is 9.47 Å². The first-order chi connectivity index (χ1) is 12.0. The molecule has 1 atom stereocenters. The number of thiocarbonyl (C=S) groups is 1. The zero-order valence-corrected chi connectivity index (χ0v) is 16.1. The molecule has 25 heavy (non-hydrogen) atoms. The summed E-state index contributed by atoms with van der Waals surface area (Å²) in [7, 11) is 0. The molecule has 0 saturated heterocycles. The number of hydrogen-bond donors (Lipinski definition) is 2. The highest BCUT2D eigenvalue weighted by molar-refractivity contribution is 7.80. The van der Waals surface area contributed by atoms with Crippen molar-refractivity contribution >= 4 is 23.0 Å². The van der Waals surface area contributed by atoms with Gasteiger partial charge in [-0.05, 0) is 87.4 Å². The molecule has 0 heterocycles. The molecule has 2 N–H and O–H groups in total. The van der Waals surface area contributed by atoms with Crippen LogP contribution in [0.4, 0.5) is 5.69 Å². The minimum atomic E-state index is 0.0873. The lowest BCUT2D eigenvalue weighted by molar-refractivity contribution is 0.287. The summed E-state index contributed by atoms with van der Waals surface area (Å²) in [4.78, 5) is 0. The number of benzene rings is 2. The normalized spacial score (nSPS) is 11.5. The van der Waals surface area contributed by atoms with E-state index in [1.165, 1.54) is 11.1 Å². The van der Waals surface area contributed by atoms with Crippen LogP contribution in [0, 0.1) is 13.8 Å². The molecule has 0 radical (unpaired) electrons. The van der Waals surface area contributed by atoms with Gasteiger partial charge in [0.1, 0.15) is 18.1 Å². The van der Waals surface area contributed by atoms with Gasteiger partial charge in [-0.15, -0.1) is 0 Å². The summed E-state index contributed by atoms with van der Waals surface area (Å²) in [6.45, 7) is 9.37. The van der Waals surface area contributed by atoms with Crippen LogP contribution in [0.25, 0.3) is 0 Å². The van der Waals surface area contributed by atoms with Crippen LogP contribution >= 0.6 is 12.2 Å². The lowest BCUT2D eigenvalue weighted by Gasteiger charge is -2.18. The predicted molar refractivity (Wildman–Crippen MR) is 108 cm³/mol. The molecule has 0 bridgehead atoms. The van der Waals surface area contributed by atoms with Crippen LogP contribution in [0.2, 0.25) is 0 Å². The van der Waals surface area contributed by atoms with E-state index in [1.807, 2.05) is 44.2 Å². The van der Waals surface area contributed by atoms with Crippen LogP contribution in [-0.4, -0.2) is 24.4 Å². The molecule has 2 aromatic rings. The number of rotatable bonds is 7. The molecule has 2 rings (SSSR count). The molecule has 134 valence electrons. The molecule has 0 aliphatic heterocycles. The molecule has 0 spiro atoms. The third-order valence-electron chi connectivity index (χ3n) is 3.78. The van der Waals surface area contributed by atoms with Gasteiger partial charge >= 0.3 is 0 Å². The second kappa shape index (κ2) is 9.28. The lowest BCUT2D eigenvalue weighted by Crippen LogP contribution is -2.39. The van der Waals surface area contributed by atoms with E-state index in [1.54, 1.807) is 0 Å². The molecule has 4 nitrogen and oxygen atoms in total. The minimum absolute atomic E-state index is 0.0873. The van der Waals surface area contributed by atoms with E-state index in [0.29, 0.717) is 18.3 Å².